The summed E-state index contributed by atoms with van der Waals surface area (Å²) in [5.74, 6) is 0.877. The van der Waals surface area contributed by atoms with Gasteiger partial charge < -0.3 is 19.3 Å². The van der Waals surface area contributed by atoms with Crippen LogP contribution in [0.15, 0.2) is 60.9 Å². The fourth-order valence-corrected chi connectivity index (χ4v) is 3.87. The Bertz CT molecular complexity index is 956. The standard InChI is InChI=1S/C23H27N3O3/c27-22(11-15-26-18-24-20-9-4-5-10-21(20)26)25-14-6-12-23(28,13-16-25)17-29-19-7-2-1-3-8-19/h1-5,7-10,18,28H,6,11-17H2. The van der Waals surface area contributed by atoms with Gasteiger partial charge in [0, 0.05) is 26.1 Å². The van der Waals surface area contributed by atoms with Crippen LogP contribution < -0.4 is 4.74 Å². The molecule has 1 saturated heterocycles. The lowest BCUT2D eigenvalue weighted by molar-refractivity contribution is -0.131. The molecule has 4 rings (SSSR count). The number of rotatable bonds is 6. The van der Waals surface area contributed by atoms with E-state index in [1.54, 1.807) is 6.33 Å². The number of benzene rings is 2. The average Bonchev–Trinajstić information content (AvgIpc) is 3.06. The van der Waals surface area contributed by atoms with E-state index in [1.165, 1.54) is 0 Å². The molecule has 0 aliphatic carbocycles. The minimum Gasteiger partial charge on any atom is -0.491 e. The van der Waals surface area contributed by atoms with Crippen LogP contribution in [0.4, 0.5) is 0 Å². The van der Waals surface area contributed by atoms with Crippen LogP contribution in [0.25, 0.3) is 11.0 Å². The number of ether oxygens (including phenoxy) is 1. The molecule has 0 spiro atoms. The molecule has 29 heavy (non-hydrogen) atoms. The summed E-state index contributed by atoms with van der Waals surface area (Å²) in [6, 6.07) is 17.5. The van der Waals surface area contributed by atoms with Crippen molar-refractivity contribution in [3.05, 3.63) is 60.9 Å². The number of imidazole rings is 1. The number of fused-ring (bicyclic) bond motifs is 1. The third-order valence-corrected chi connectivity index (χ3v) is 5.61. The van der Waals surface area contributed by atoms with E-state index >= 15 is 0 Å². The highest BCUT2D eigenvalue weighted by Gasteiger charge is 2.32. The van der Waals surface area contributed by atoms with E-state index in [0.29, 0.717) is 38.9 Å². The largest absolute Gasteiger partial charge is 0.491 e. The van der Waals surface area contributed by atoms with Crippen molar-refractivity contribution < 1.29 is 14.6 Å². The van der Waals surface area contributed by atoms with Crippen LogP contribution in [0.1, 0.15) is 25.7 Å². The van der Waals surface area contributed by atoms with Crippen molar-refractivity contribution in [2.24, 2.45) is 0 Å². The molecule has 1 unspecified atom stereocenters. The molecule has 1 amide bonds. The van der Waals surface area contributed by atoms with Gasteiger partial charge in [0.2, 0.25) is 5.91 Å². The number of carbonyl (C=O) groups is 1. The Morgan fingerprint density at radius 3 is 2.72 bits per heavy atom. The van der Waals surface area contributed by atoms with Crippen molar-refractivity contribution in [2.75, 3.05) is 19.7 Å². The van der Waals surface area contributed by atoms with Crippen molar-refractivity contribution in [1.82, 2.24) is 14.5 Å². The van der Waals surface area contributed by atoms with Gasteiger partial charge in [0.15, 0.2) is 0 Å². The molecular weight excluding hydrogens is 366 g/mol. The molecule has 6 heteroatoms. The lowest BCUT2D eigenvalue weighted by atomic mass is 9.96. The van der Waals surface area contributed by atoms with Crippen LogP contribution in [-0.4, -0.2) is 50.8 Å². The molecule has 1 fully saturated rings. The fourth-order valence-electron chi connectivity index (χ4n) is 3.87. The molecule has 0 radical (unpaired) electrons. The van der Waals surface area contributed by atoms with Gasteiger partial charge in [0.25, 0.3) is 0 Å². The van der Waals surface area contributed by atoms with Crippen LogP contribution in [0.5, 0.6) is 5.75 Å². The van der Waals surface area contributed by atoms with Gasteiger partial charge in [-0.2, -0.15) is 0 Å². The number of nitrogens with zero attached hydrogens (tertiary/aromatic N) is 3. The van der Waals surface area contributed by atoms with Crippen molar-refractivity contribution in [3.8, 4) is 5.75 Å². The number of carbonyl (C=O) groups excluding carboxylic acids is 1. The van der Waals surface area contributed by atoms with E-state index in [1.807, 2.05) is 64.1 Å². The average molecular weight is 393 g/mol. The van der Waals surface area contributed by atoms with E-state index in [2.05, 4.69) is 4.98 Å². The molecule has 3 aromatic rings. The quantitative estimate of drug-likeness (QED) is 0.698. The number of aliphatic hydroxyl groups is 1. The molecule has 2 aromatic carbocycles. The van der Waals surface area contributed by atoms with Gasteiger partial charge in [-0.15, -0.1) is 0 Å². The van der Waals surface area contributed by atoms with Crippen LogP contribution in [0.2, 0.25) is 0 Å². The Morgan fingerprint density at radius 2 is 1.86 bits per heavy atom. The maximum Gasteiger partial charge on any atom is 0.224 e. The van der Waals surface area contributed by atoms with Crippen molar-refractivity contribution in [3.63, 3.8) is 0 Å². The molecule has 1 atom stereocenters. The Hall–Kier alpha value is -2.86. The SMILES string of the molecule is O=C(CCn1cnc2ccccc21)N1CCCC(O)(COc2ccccc2)CC1. The lowest BCUT2D eigenvalue weighted by Gasteiger charge is -2.27. The Kier molecular flexibility index (Phi) is 5.81. The molecule has 0 saturated carbocycles. The number of hydrogen-bond donors (Lipinski definition) is 1. The van der Waals surface area contributed by atoms with Gasteiger partial charge in [-0.1, -0.05) is 30.3 Å². The first-order chi connectivity index (χ1) is 14.1. The summed E-state index contributed by atoms with van der Waals surface area (Å²) in [4.78, 5) is 19.0. The molecule has 152 valence electrons. The van der Waals surface area contributed by atoms with E-state index in [0.717, 1.165) is 23.2 Å². The highest BCUT2D eigenvalue weighted by molar-refractivity contribution is 5.77. The third kappa shape index (κ3) is 4.77. The molecule has 0 bridgehead atoms. The molecule has 1 N–H and O–H groups in total. The number of hydrogen-bond acceptors (Lipinski definition) is 4. The third-order valence-electron chi connectivity index (χ3n) is 5.61. The maximum atomic E-state index is 12.8. The minimum atomic E-state index is -0.897. The van der Waals surface area contributed by atoms with Crippen LogP contribution in [-0.2, 0) is 11.3 Å². The second-order valence-corrected chi connectivity index (χ2v) is 7.74. The number of aryl methyl sites for hydroxylation is 1. The first kappa shape index (κ1) is 19.5. The number of para-hydroxylation sites is 3. The first-order valence-electron chi connectivity index (χ1n) is 10.2. The zero-order valence-electron chi connectivity index (χ0n) is 16.5. The normalized spacial score (nSPS) is 19.8. The van der Waals surface area contributed by atoms with Gasteiger partial charge >= 0.3 is 0 Å². The van der Waals surface area contributed by atoms with E-state index in [4.69, 9.17) is 4.74 Å². The fraction of sp³-hybridized carbons (Fsp3) is 0.391. The highest BCUT2D eigenvalue weighted by Crippen LogP contribution is 2.24. The summed E-state index contributed by atoms with van der Waals surface area (Å²) >= 11 is 0. The summed E-state index contributed by atoms with van der Waals surface area (Å²) in [6.45, 7) is 2.09. The summed E-state index contributed by atoms with van der Waals surface area (Å²) in [6.07, 6.45) is 4.16. The second kappa shape index (κ2) is 8.66. The molecule has 1 aliphatic heterocycles. The van der Waals surface area contributed by atoms with Crippen molar-refractivity contribution >= 4 is 16.9 Å². The summed E-state index contributed by atoms with van der Waals surface area (Å²) in [5.41, 5.74) is 1.09. The molecule has 6 nitrogen and oxygen atoms in total. The predicted molar refractivity (Wildman–Crippen MR) is 112 cm³/mol. The van der Waals surface area contributed by atoms with E-state index < -0.39 is 5.60 Å². The number of likely N-dealkylation sites (tertiary alicyclic amines) is 1. The molecule has 1 aliphatic rings. The van der Waals surface area contributed by atoms with Gasteiger partial charge in [-0.05, 0) is 43.5 Å². The molecule has 1 aromatic heterocycles. The van der Waals surface area contributed by atoms with Gasteiger partial charge in [0.05, 0.1) is 17.4 Å². The Balaban J connectivity index is 1.30. The first-order valence-corrected chi connectivity index (χ1v) is 10.2. The van der Waals surface area contributed by atoms with Crippen LogP contribution >= 0.6 is 0 Å². The van der Waals surface area contributed by atoms with Crippen LogP contribution in [0.3, 0.4) is 0 Å². The van der Waals surface area contributed by atoms with Crippen molar-refractivity contribution in [2.45, 2.75) is 37.8 Å². The highest BCUT2D eigenvalue weighted by atomic mass is 16.5. The molecule has 2 heterocycles. The monoisotopic (exact) mass is 393 g/mol. The second-order valence-electron chi connectivity index (χ2n) is 7.74. The molecular formula is C23H27N3O3. The topological polar surface area (TPSA) is 67.6 Å². The van der Waals surface area contributed by atoms with E-state index in [-0.39, 0.29) is 12.5 Å². The smallest absolute Gasteiger partial charge is 0.224 e. The zero-order chi connectivity index (χ0) is 20.1. The number of amides is 1. The Morgan fingerprint density at radius 1 is 1.07 bits per heavy atom. The predicted octanol–water partition coefficient (Wildman–Crippen LogP) is 3.25. The van der Waals surface area contributed by atoms with Gasteiger partial charge in [-0.3, -0.25) is 4.79 Å². The lowest BCUT2D eigenvalue weighted by Crippen LogP contribution is -2.38. The summed E-state index contributed by atoms with van der Waals surface area (Å²) < 4.78 is 7.80. The number of aromatic nitrogens is 2. The van der Waals surface area contributed by atoms with Crippen LogP contribution in [0, 0.1) is 0 Å². The van der Waals surface area contributed by atoms with Gasteiger partial charge in [0.1, 0.15) is 18.0 Å². The van der Waals surface area contributed by atoms with Gasteiger partial charge in [-0.25, -0.2) is 4.98 Å². The Labute approximate surface area is 170 Å². The van der Waals surface area contributed by atoms with E-state index in [9.17, 15) is 9.90 Å². The maximum absolute atomic E-state index is 12.8. The summed E-state index contributed by atoms with van der Waals surface area (Å²) in [7, 11) is 0. The summed E-state index contributed by atoms with van der Waals surface area (Å²) in [5, 5.41) is 10.9. The minimum absolute atomic E-state index is 0.121. The van der Waals surface area contributed by atoms with Crippen molar-refractivity contribution in [1.29, 1.82) is 0 Å². The zero-order valence-corrected chi connectivity index (χ0v) is 16.5.